The van der Waals surface area contributed by atoms with Gasteiger partial charge in [0.15, 0.2) is 4.88 Å². The molecule has 0 bridgehead atoms. The summed E-state index contributed by atoms with van der Waals surface area (Å²) in [5.74, 6) is -0.832. The average molecular weight is 200 g/mol. The predicted octanol–water partition coefficient (Wildman–Crippen LogP) is 0.740. The molecule has 0 aliphatic carbocycles. The van der Waals surface area contributed by atoms with Crippen molar-refractivity contribution in [2.45, 2.75) is 12.3 Å². The van der Waals surface area contributed by atoms with Gasteiger partial charge in [-0.2, -0.15) is 0 Å². The van der Waals surface area contributed by atoms with Crippen LogP contribution in [0.4, 0.5) is 0 Å². The van der Waals surface area contributed by atoms with Gasteiger partial charge in [0.05, 0.1) is 12.3 Å². The summed E-state index contributed by atoms with van der Waals surface area (Å²) in [6, 6.07) is 0. The van der Waals surface area contributed by atoms with Crippen LogP contribution in [0, 0.1) is 0 Å². The molecule has 6 heteroatoms. The number of hydrogen-bond acceptors (Lipinski definition) is 5. The largest absolute Gasteiger partial charge is 0.477 e. The molecule has 1 fully saturated rings. The summed E-state index contributed by atoms with van der Waals surface area (Å²) in [6.45, 7) is 1.24. The molecule has 1 aromatic rings. The molecule has 5 nitrogen and oxygen atoms in total. The van der Waals surface area contributed by atoms with Crippen LogP contribution in [0.3, 0.4) is 0 Å². The van der Waals surface area contributed by atoms with Gasteiger partial charge in [0.25, 0.3) is 0 Å². The lowest BCUT2D eigenvalue weighted by molar-refractivity contribution is 0.0700. The van der Waals surface area contributed by atoms with Gasteiger partial charge < -0.3 is 9.84 Å². The van der Waals surface area contributed by atoms with E-state index in [2.05, 4.69) is 9.59 Å². The minimum absolute atomic E-state index is 0.116. The number of aromatic carboxylic acids is 1. The summed E-state index contributed by atoms with van der Waals surface area (Å²) in [4.78, 5) is 11.0. The predicted molar refractivity (Wildman–Crippen MR) is 45.0 cm³/mol. The lowest BCUT2D eigenvalue weighted by Crippen LogP contribution is -2.05. The second-order valence-corrected chi connectivity index (χ2v) is 3.61. The van der Waals surface area contributed by atoms with Gasteiger partial charge in [-0.05, 0) is 18.0 Å². The Kier molecular flexibility index (Phi) is 2.24. The summed E-state index contributed by atoms with van der Waals surface area (Å²) in [5.41, 5.74) is 0.579. The molecule has 1 N–H and O–H groups in total. The fourth-order valence-electron chi connectivity index (χ4n) is 1.36. The highest BCUT2D eigenvalue weighted by molar-refractivity contribution is 7.07. The van der Waals surface area contributed by atoms with Gasteiger partial charge in [0.1, 0.15) is 0 Å². The van der Waals surface area contributed by atoms with Gasteiger partial charge in [-0.25, -0.2) is 4.79 Å². The first-order valence-electron chi connectivity index (χ1n) is 3.92. The van der Waals surface area contributed by atoms with E-state index >= 15 is 0 Å². The Balaban J connectivity index is 2.28. The summed E-state index contributed by atoms with van der Waals surface area (Å²) < 4.78 is 8.80. The number of carboxylic acids is 1. The van der Waals surface area contributed by atoms with E-state index in [1.807, 2.05) is 0 Å². The molecule has 0 radical (unpaired) electrons. The Hall–Kier alpha value is -1.01. The molecule has 0 saturated carbocycles. The third-order valence-corrected chi connectivity index (χ3v) is 2.75. The third kappa shape index (κ3) is 1.54. The van der Waals surface area contributed by atoms with Crippen molar-refractivity contribution in [3.8, 4) is 0 Å². The number of aromatic nitrogens is 2. The maximum absolute atomic E-state index is 10.7. The van der Waals surface area contributed by atoms with Crippen LogP contribution in [-0.2, 0) is 4.74 Å². The quantitative estimate of drug-likeness (QED) is 0.762. The Morgan fingerprint density at radius 1 is 1.69 bits per heavy atom. The highest BCUT2D eigenvalue weighted by atomic mass is 32.1. The molecule has 2 heterocycles. The van der Waals surface area contributed by atoms with Crippen LogP contribution in [0.1, 0.15) is 27.7 Å². The van der Waals surface area contributed by atoms with E-state index in [1.165, 1.54) is 0 Å². The topological polar surface area (TPSA) is 72.3 Å². The van der Waals surface area contributed by atoms with Crippen LogP contribution in [0.15, 0.2) is 0 Å². The first-order chi connectivity index (χ1) is 6.29. The van der Waals surface area contributed by atoms with Gasteiger partial charge >= 0.3 is 5.97 Å². The smallest absolute Gasteiger partial charge is 0.349 e. The van der Waals surface area contributed by atoms with E-state index in [9.17, 15) is 4.79 Å². The van der Waals surface area contributed by atoms with Crippen LogP contribution in [0.5, 0.6) is 0 Å². The summed E-state index contributed by atoms with van der Waals surface area (Å²) in [6.07, 6.45) is 0.839. The van der Waals surface area contributed by atoms with Crippen molar-refractivity contribution in [1.82, 2.24) is 9.59 Å². The molecule has 2 rings (SSSR count). The Bertz CT molecular complexity index is 319. The highest BCUT2D eigenvalue weighted by Crippen LogP contribution is 2.27. The summed E-state index contributed by atoms with van der Waals surface area (Å²) in [7, 11) is 0. The maximum Gasteiger partial charge on any atom is 0.349 e. The normalized spacial score (nSPS) is 22.0. The SMILES string of the molecule is O=C(O)c1snnc1C1CCOC1. The van der Waals surface area contributed by atoms with Crippen molar-refractivity contribution < 1.29 is 14.6 Å². The second-order valence-electron chi connectivity index (χ2n) is 2.85. The van der Waals surface area contributed by atoms with E-state index < -0.39 is 5.97 Å². The molecule has 1 aromatic heterocycles. The third-order valence-electron chi connectivity index (χ3n) is 2.02. The van der Waals surface area contributed by atoms with Crippen LogP contribution in [-0.4, -0.2) is 33.9 Å². The number of rotatable bonds is 2. The molecule has 0 aromatic carbocycles. The van der Waals surface area contributed by atoms with E-state index in [-0.39, 0.29) is 10.8 Å². The van der Waals surface area contributed by atoms with Crippen LogP contribution < -0.4 is 0 Å². The van der Waals surface area contributed by atoms with Gasteiger partial charge in [-0.3, -0.25) is 0 Å². The molecule has 0 amide bonds. The van der Waals surface area contributed by atoms with Gasteiger partial charge in [-0.1, -0.05) is 4.49 Å². The van der Waals surface area contributed by atoms with Crippen LogP contribution in [0.25, 0.3) is 0 Å². The zero-order chi connectivity index (χ0) is 9.26. The maximum atomic E-state index is 10.7. The van der Waals surface area contributed by atoms with Crippen molar-refractivity contribution in [2.75, 3.05) is 13.2 Å². The molecular formula is C7H8N2O3S. The average Bonchev–Trinajstić information content (AvgIpc) is 2.74. The molecular weight excluding hydrogens is 192 g/mol. The fourth-order valence-corrected chi connectivity index (χ4v) is 1.95. The van der Waals surface area contributed by atoms with Crippen molar-refractivity contribution in [2.24, 2.45) is 0 Å². The molecule has 13 heavy (non-hydrogen) atoms. The summed E-state index contributed by atoms with van der Waals surface area (Å²) >= 11 is 0.928. The van der Waals surface area contributed by atoms with Crippen LogP contribution in [0.2, 0.25) is 0 Å². The standard InChI is InChI=1S/C7H8N2O3S/c10-7(11)6-5(8-9-13-6)4-1-2-12-3-4/h4H,1-3H2,(H,10,11). The number of ether oxygens (including phenoxy) is 1. The Labute approximate surface area is 78.5 Å². The minimum atomic E-state index is -0.947. The van der Waals surface area contributed by atoms with Crippen molar-refractivity contribution >= 4 is 17.5 Å². The molecule has 1 unspecified atom stereocenters. The molecule has 0 spiro atoms. The highest BCUT2D eigenvalue weighted by Gasteiger charge is 2.26. The van der Waals surface area contributed by atoms with Crippen molar-refractivity contribution in [3.63, 3.8) is 0 Å². The lowest BCUT2D eigenvalue weighted by Gasteiger charge is -2.02. The number of carbonyl (C=O) groups is 1. The molecule has 1 atom stereocenters. The van der Waals surface area contributed by atoms with Crippen molar-refractivity contribution in [3.05, 3.63) is 10.6 Å². The second kappa shape index (κ2) is 3.39. The monoisotopic (exact) mass is 200 g/mol. The van der Waals surface area contributed by atoms with Gasteiger partial charge in [-0.15, -0.1) is 5.10 Å². The van der Waals surface area contributed by atoms with E-state index in [0.29, 0.717) is 18.9 Å². The number of hydrogen-bond donors (Lipinski definition) is 1. The minimum Gasteiger partial charge on any atom is -0.477 e. The Morgan fingerprint density at radius 2 is 2.54 bits per heavy atom. The van der Waals surface area contributed by atoms with Gasteiger partial charge in [0.2, 0.25) is 0 Å². The number of nitrogens with zero attached hydrogens (tertiary/aromatic N) is 2. The fraction of sp³-hybridized carbons (Fsp3) is 0.571. The van der Waals surface area contributed by atoms with E-state index in [1.54, 1.807) is 0 Å². The Morgan fingerprint density at radius 3 is 3.15 bits per heavy atom. The lowest BCUT2D eigenvalue weighted by atomic mass is 10.0. The van der Waals surface area contributed by atoms with Crippen LogP contribution >= 0.6 is 11.5 Å². The summed E-state index contributed by atoms with van der Waals surface area (Å²) in [5, 5.41) is 12.6. The molecule has 70 valence electrons. The number of carboxylic acid groups (broad SMARTS) is 1. The van der Waals surface area contributed by atoms with E-state index in [0.717, 1.165) is 18.0 Å². The first kappa shape index (κ1) is 8.58. The zero-order valence-electron chi connectivity index (χ0n) is 6.77. The molecule has 1 aliphatic rings. The molecule has 1 saturated heterocycles. The zero-order valence-corrected chi connectivity index (χ0v) is 7.58. The van der Waals surface area contributed by atoms with Gasteiger partial charge in [0, 0.05) is 12.5 Å². The first-order valence-corrected chi connectivity index (χ1v) is 4.69. The molecule has 1 aliphatic heterocycles. The van der Waals surface area contributed by atoms with Crippen molar-refractivity contribution in [1.29, 1.82) is 0 Å². The van der Waals surface area contributed by atoms with E-state index in [4.69, 9.17) is 9.84 Å².